The standard InChI is InChI=1S/C17H21NO5/c1-23-13-7-5-12(6-8-13)14(19)3-2-4-15(20)18-11-17(9-10-17)16(21)22/h5-8H,2-4,9-11H2,1H3,(H,18,20)(H,21,22). The molecule has 0 atom stereocenters. The summed E-state index contributed by atoms with van der Waals surface area (Å²) in [6.07, 6.45) is 2.16. The molecule has 1 aromatic rings. The van der Waals surface area contributed by atoms with E-state index in [9.17, 15) is 14.4 Å². The molecular weight excluding hydrogens is 298 g/mol. The fourth-order valence-electron chi connectivity index (χ4n) is 2.30. The highest BCUT2D eigenvalue weighted by atomic mass is 16.5. The number of hydrogen-bond donors (Lipinski definition) is 2. The van der Waals surface area contributed by atoms with Crippen LogP contribution in [0.1, 0.15) is 42.5 Å². The Morgan fingerprint density at radius 3 is 2.35 bits per heavy atom. The molecule has 6 heteroatoms. The number of amides is 1. The van der Waals surface area contributed by atoms with Gasteiger partial charge in [0.2, 0.25) is 5.91 Å². The zero-order chi connectivity index (χ0) is 16.9. The number of carboxylic acid groups (broad SMARTS) is 1. The molecule has 0 aliphatic heterocycles. The van der Waals surface area contributed by atoms with Crippen LogP contribution in [0.25, 0.3) is 0 Å². The van der Waals surface area contributed by atoms with Crippen LogP contribution in [0, 0.1) is 5.41 Å². The third kappa shape index (κ3) is 4.55. The minimum absolute atomic E-state index is 0.0235. The van der Waals surface area contributed by atoms with Crippen LogP contribution < -0.4 is 10.1 Å². The van der Waals surface area contributed by atoms with Gasteiger partial charge in [0.1, 0.15) is 5.75 Å². The Hall–Kier alpha value is -2.37. The Bertz CT molecular complexity index is 590. The van der Waals surface area contributed by atoms with E-state index in [1.54, 1.807) is 31.4 Å². The average molecular weight is 319 g/mol. The lowest BCUT2D eigenvalue weighted by Gasteiger charge is -2.10. The molecule has 0 bridgehead atoms. The van der Waals surface area contributed by atoms with E-state index in [1.807, 2.05) is 0 Å². The predicted molar refractivity (Wildman–Crippen MR) is 83.5 cm³/mol. The lowest BCUT2D eigenvalue weighted by molar-refractivity contribution is -0.143. The van der Waals surface area contributed by atoms with Gasteiger partial charge in [-0.25, -0.2) is 0 Å². The molecule has 1 fully saturated rings. The highest BCUT2D eigenvalue weighted by molar-refractivity contribution is 5.96. The lowest BCUT2D eigenvalue weighted by Crippen LogP contribution is -2.34. The fourth-order valence-corrected chi connectivity index (χ4v) is 2.30. The average Bonchev–Trinajstić information content (AvgIpc) is 3.34. The van der Waals surface area contributed by atoms with Crippen LogP contribution in [0.4, 0.5) is 0 Å². The monoisotopic (exact) mass is 319 g/mol. The Morgan fingerprint density at radius 2 is 1.83 bits per heavy atom. The highest BCUT2D eigenvalue weighted by Crippen LogP contribution is 2.45. The van der Waals surface area contributed by atoms with E-state index >= 15 is 0 Å². The van der Waals surface area contributed by atoms with Gasteiger partial charge in [0, 0.05) is 24.9 Å². The molecule has 1 aromatic carbocycles. The van der Waals surface area contributed by atoms with Gasteiger partial charge in [0.15, 0.2) is 5.78 Å². The molecular formula is C17H21NO5. The molecule has 2 rings (SSSR count). The molecule has 23 heavy (non-hydrogen) atoms. The van der Waals surface area contributed by atoms with Crippen LogP contribution in [0.2, 0.25) is 0 Å². The van der Waals surface area contributed by atoms with Gasteiger partial charge in [-0.1, -0.05) is 0 Å². The molecule has 6 nitrogen and oxygen atoms in total. The third-order valence-corrected chi connectivity index (χ3v) is 4.15. The van der Waals surface area contributed by atoms with Crippen molar-refractivity contribution in [3.8, 4) is 5.75 Å². The van der Waals surface area contributed by atoms with E-state index in [2.05, 4.69) is 5.32 Å². The van der Waals surface area contributed by atoms with Crippen LogP contribution in [0.15, 0.2) is 24.3 Å². The lowest BCUT2D eigenvalue weighted by atomic mass is 10.0. The van der Waals surface area contributed by atoms with E-state index < -0.39 is 11.4 Å². The van der Waals surface area contributed by atoms with Crippen molar-refractivity contribution in [2.45, 2.75) is 32.1 Å². The second-order valence-electron chi connectivity index (χ2n) is 5.87. The van der Waals surface area contributed by atoms with Gasteiger partial charge in [0.25, 0.3) is 0 Å². The molecule has 1 aliphatic carbocycles. The number of carboxylic acids is 1. The molecule has 0 saturated heterocycles. The van der Waals surface area contributed by atoms with E-state index in [0.717, 1.165) is 0 Å². The maximum Gasteiger partial charge on any atom is 0.311 e. The summed E-state index contributed by atoms with van der Waals surface area (Å²) in [7, 11) is 1.56. The summed E-state index contributed by atoms with van der Waals surface area (Å²) in [6, 6.07) is 6.84. The minimum Gasteiger partial charge on any atom is -0.497 e. The number of Topliss-reactive ketones (excluding diaryl/α,β-unsaturated/α-hetero) is 1. The zero-order valence-corrected chi connectivity index (χ0v) is 13.1. The predicted octanol–water partition coefficient (Wildman–Crippen LogP) is 2.03. The number of hydrogen-bond acceptors (Lipinski definition) is 4. The molecule has 1 amide bonds. The van der Waals surface area contributed by atoms with E-state index in [1.165, 1.54) is 0 Å². The van der Waals surface area contributed by atoms with Gasteiger partial charge in [-0.2, -0.15) is 0 Å². The summed E-state index contributed by atoms with van der Waals surface area (Å²) in [5.74, 6) is -0.398. The molecule has 0 unspecified atom stereocenters. The number of aliphatic carboxylic acids is 1. The van der Waals surface area contributed by atoms with Crippen molar-refractivity contribution in [2.75, 3.05) is 13.7 Å². The summed E-state index contributed by atoms with van der Waals surface area (Å²) >= 11 is 0. The topological polar surface area (TPSA) is 92.7 Å². The number of carbonyl (C=O) groups excluding carboxylic acids is 2. The van der Waals surface area contributed by atoms with E-state index in [0.29, 0.717) is 30.6 Å². The number of benzene rings is 1. The first-order valence-corrected chi connectivity index (χ1v) is 7.64. The Kier molecular flexibility index (Phi) is 5.36. The van der Waals surface area contributed by atoms with Crippen LogP contribution in [0.3, 0.4) is 0 Å². The number of carbonyl (C=O) groups is 3. The summed E-state index contributed by atoms with van der Waals surface area (Å²) in [5, 5.41) is 11.7. The smallest absolute Gasteiger partial charge is 0.311 e. The van der Waals surface area contributed by atoms with Crippen molar-refractivity contribution in [2.24, 2.45) is 5.41 Å². The van der Waals surface area contributed by atoms with Crippen LogP contribution in [-0.4, -0.2) is 36.4 Å². The van der Waals surface area contributed by atoms with E-state index in [4.69, 9.17) is 9.84 Å². The molecule has 0 radical (unpaired) electrons. The van der Waals surface area contributed by atoms with E-state index in [-0.39, 0.29) is 31.1 Å². The molecule has 1 saturated carbocycles. The first-order chi connectivity index (χ1) is 11.0. The minimum atomic E-state index is -0.854. The second kappa shape index (κ2) is 7.26. The molecule has 0 aromatic heterocycles. The first-order valence-electron chi connectivity index (χ1n) is 7.64. The van der Waals surface area contributed by atoms with Crippen molar-refractivity contribution < 1.29 is 24.2 Å². The molecule has 124 valence electrons. The highest BCUT2D eigenvalue weighted by Gasteiger charge is 2.50. The fraction of sp³-hybridized carbons (Fsp3) is 0.471. The van der Waals surface area contributed by atoms with Crippen LogP contribution in [0.5, 0.6) is 5.75 Å². The second-order valence-corrected chi connectivity index (χ2v) is 5.87. The van der Waals surface area contributed by atoms with Crippen molar-refractivity contribution in [3.63, 3.8) is 0 Å². The number of nitrogens with one attached hydrogen (secondary N) is 1. The third-order valence-electron chi connectivity index (χ3n) is 4.15. The SMILES string of the molecule is COc1ccc(C(=O)CCCC(=O)NCC2(C(=O)O)CC2)cc1. The van der Waals surface area contributed by atoms with Crippen molar-refractivity contribution >= 4 is 17.7 Å². The van der Waals surface area contributed by atoms with Crippen molar-refractivity contribution in [1.29, 1.82) is 0 Å². The largest absolute Gasteiger partial charge is 0.497 e. The summed E-state index contributed by atoms with van der Waals surface area (Å²) in [5.41, 5.74) is -0.164. The molecule has 0 spiro atoms. The summed E-state index contributed by atoms with van der Waals surface area (Å²) in [4.78, 5) is 34.7. The van der Waals surface area contributed by atoms with Gasteiger partial charge in [-0.05, 0) is 43.5 Å². The Morgan fingerprint density at radius 1 is 1.17 bits per heavy atom. The van der Waals surface area contributed by atoms with Crippen LogP contribution >= 0.6 is 0 Å². The Labute approximate surface area is 134 Å². The molecule has 1 aliphatic rings. The van der Waals surface area contributed by atoms with Crippen molar-refractivity contribution in [3.05, 3.63) is 29.8 Å². The number of ketones is 1. The van der Waals surface area contributed by atoms with Gasteiger partial charge >= 0.3 is 5.97 Å². The molecule has 2 N–H and O–H groups in total. The van der Waals surface area contributed by atoms with Crippen molar-refractivity contribution in [1.82, 2.24) is 5.32 Å². The summed E-state index contributed by atoms with van der Waals surface area (Å²) in [6.45, 7) is 0.174. The summed E-state index contributed by atoms with van der Waals surface area (Å²) < 4.78 is 5.03. The Balaban J connectivity index is 1.68. The maximum absolute atomic E-state index is 12.0. The number of ether oxygens (including phenoxy) is 1. The van der Waals surface area contributed by atoms with Gasteiger partial charge in [0.05, 0.1) is 12.5 Å². The number of rotatable bonds is 9. The quantitative estimate of drug-likeness (QED) is 0.679. The number of methoxy groups -OCH3 is 1. The molecule has 0 heterocycles. The van der Waals surface area contributed by atoms with Gasteiger partial charge in [-0.15, -0.1) is 0 Å². The van der Waals surface area contributed by atoms with Gasteiger partial charge < -0.3 is 15.2 Å². The zero-order valence-electron chi connectivity index (χ0n) is 13.1. The van der Waals surface area contributed by atoms with Gasteiger partial charge in [-0.3, -0.25) is 14.4 Å². The first kappa shape index (κ1) is 17.0. The maximum atomic E-state index is 12.0. The van der Waals surface area contributed by atoms with Crippen LogP contribution in [-0.2, 0) is 9.59 Å². The normalized spacial score (nSPS) is 14.8.